The summed E-state index contributed by atoms with van der Waals surface area (Å²) < 4.78 is 12.1. The first-order valence-corrected chi connectivity index (χ1v) is 6.30. The lowest BCUT2D eigenvalue weighted by Crippen LogP contribution is -2.33. The van der Waals surface area contributed by atoms with Crippen molar-refractivity contribution >= 4 is 0 Å². The molecule has 1 aliphatic rings. The summed E-state index contributed by atoms with van der Waals surface area (Å²) in [6.07, 6.45) is 0.356. The largest absolute Gasteiger partial charge is 0.388 e. The number of hydrogen-bond acceptors (Lipinski definition) is 5. The zero-order valence-electron chi connectivity index (χ0n) is 11.0. The molecule has 1 fully saturated rings. The second-order valence-electron chi connectivity index (χ2n) is 4.61. The number of nitrogens with one attached hydrogen (secondary N) is 1. The van der Waals surface area contributed by atoms with Gasteiger partial charge in [-0.15, -0.1) is 0 Å². The molecule has 1 saturated heterocycles. The van der Waals surface area contributed by atoms with Crippen LogP contribution in [-0.4, -0.2) is 33.7 Å². The van der Waals surface area contributed by atoms with Crippen molar-refractivity contribution in [2.24, 2.45) is 0 Å². The minimum absolute atomic E-state index is 0.250. The van der Waals surface area contributed by atoms with Gasteiger partial charge < -0.3 is 14.6 Å². The topological polar surface area (TPSA) is 93.5 Å². The quantitative estimate of drug-likeness (QED) is 0.795. The van der Waals surface area contributed by atoms with Crippen molar-refractivity contribution in [3.05, 3.63) is 32.6 Å². The summed E-state index contributed by atoms with van der Waals surface area (Å²) in [6.45, 7) is 4.04. The Balaban J connectivity index is 2.18. The molecule has 0 amide bonds. The summed E-state index contributed by atoms with van der Waals surface area (Å²) in [7, 11) is 0. The SMILES string of the molecule is CCCO[C@H]1O[C@@H](n2cc(C)c(=O)[nH]c2=O)C[C@@H]1O. The molecule has 0 saturated carbocycles. The van der Waals surface area contributed by atoms with E-state index in [1.807, 2.05) is 6.92 Å². The fraction of sp³-hybridized carbons (Fsp3) is 0.667. The van der Waals surface area contributed by atoms with E-state index in [1.165, 1.54) is 10.8 Å². The molecule has 2 rings (SSSR count). The van der Waals surface area contributed by atoms with Crippen molar-refractivity contribution in [3.8, 4) is 0 Å². The second kappa shape index (κ2) is 5.68. The Hall–Kier alpha value is -1.44. The number of hydrogen-bond donors (Lipinski definition) is 2. The highest BCUT2D eigenvalue weighted by Gasteiger charge is 2.36. The molecule has 0 radical (unpaired) electrons. The molecule has 0 aromatic carbocycles. The van der Waals surface area contributed by atoms with E-state index in [1.54, 1.807) is 6.92 Å². The van der Waals surface area contributed by atoms with Crippen molar-refractivity contribution < 1.29 is 14.6 Å². The maximum Gasteiger partial charge on any atom is 0.330 e. The Morgan fingerprint density at radius 1 is 1.58 bits per heavy atom. The highest BCUT2D eigenvalue weighted by atomic mass is 16.7. The van der Waals surface area contributed by atoms with E-state index in [4.69, 9.17) is 9.47 Å². The lowest BCUT2D eigenvalue weighted by molar-refractivity contribution is -0.176. The van der Waals surface area contributed by atoms with Gasteiger partial charge in [-0.05, 0) is 13.3 Å². The molecule has 0 unspecified atom stereocenters. The van der Waals surface area contributed by atoms with Gasteiger partial charge in [0.1, 0.15) is 12.3 Å². The van der Waals surface area contributed by atoms with Crippen LogP contribution in [0.5, 0.6) is 0 Å². The van der Waals surface area contributed by atoms with Crippen molar-refractivity contribution in [3.63, 3.8) is 0 Å². The van der Waals surface area contributed by atoms with Crippen molar-refractivity contribution in [1.82, 2.24) is 9.55 Å². The van der Waals surface area contributed by atoms with Crippen molar-refractivity contribution in [1.29, 1.82) is 0 Å². The molecule has 106 valence electrons. The summed E-state index contributed by atoms with van der Waals surface area (Å²) in [4.78, 5) is 25.2. The molecule has 19 heavy (non-hydrogen) atoms. The molecule has 7 heteroatoms. The smallest absolute Gasteiger partial charge is 0.330 e. The lowest BCUT2D eigenvalue weighted by atomic mass is 10.2. The molecule has 1 aliphatic heterocycles. The molecule has 0 aliphatic carbocycles. The summed E-state index contributed by atoms with van der Waals surface area (Å²) in [6, 6.07) is 0. The van der Waals surface area contributed by atoms with Gasteiger partial charge in [0.15, 0.2) is 6.29 Å². The highest BCUT2D eigenvalue weighted by Crippen LogP contribution is 2.28. The number of ether oxygens (including phenoxy) is 2. The first-order chi connectivity index (χ1) is 9.02. The first-order valence-electron chi connectivity index (χ1n) is 6.30. The van der Waals surface area contributed by atoms with Gasteiger partial charge in [0.2, 0.25) is 0 Å². The van der Waals surface area contributed by atoms with Gasteiger partial charge in [0.05, 0.1) is 0 Å². The Kier molecular flexibility index (Phi) is 4.18. The Morgan fingerprint density at radius 3 is 3.00 bits per heavy atom. The number of aromatic amines is 1. The summed E-state index contributed by atoms with van der Waals surface area (Å²) >= 11 is 0. The Bertz CT molecular complexity index is 550. The predicted molar refractivity (Wildman–Crippen MR) is 66.8 cm³/mol. The Morgan fingerprint density at radius 2 is 2.32 bits per heavy atom. The monoisotopic (exact) mass is 270 g/mol. The third kappa shape index (κ3) is 2.94. The van der Waals surface area contributed by atoms with Gasteiger partial charge in [-0.1, -0.05) is 6.92 Å². The number of rotatable bonds is 4. The van der Waals surface area contributed by atoms with Crippen molar-refractivity contribution in [2.75, 3.05) is 6.61 Å². The third-order valence-corrected chi connectivity index (χ3v) is 2.99. The van der Waals surface area contributed by atoms with Crippen LogP contribution in [0, 0.1) is 6.92 Å². The molecule has 2 N–H and O–H groups in total. The van der Waals surface area contributed by atoms with Gasteiger partial charge in [0.25, 0.3) is 5.56 Å². The van der Waals surface area contributed by atoms with Gasteiger partial charge in [-0.3, -0.25) is 14.3 Å². The molecule has 0 bridgehead atoms. The van der Waals surface area contributed by atoms with E-state index in [0.717, 1.165) is 6.42 Å². The molecule has 7 nitrogen and oxygen atoms in total. The van der Waals surface area contributed by atoms with Gasteiger partial charge in [0, 0.05) is 24.8 Å². The highest BCUT2D eigenvalue weighted by molar-refractivity contribution is 5.01. The van der Waals surface area contributed by atoms with E-state index >= 15 is 0 Å². The van der Waals surface area contributed by atoms with Crippen LogP contribution in [0.15, 0.2) is 15.8 Å². The average Bonchev–Trinajstić information content (AvgIpc) is 2.72. The first kappa shape index (κ1) is 14.0. The maximum absolute atomic E-state index is 11.7. The fourth-order valence-corrected chi connectivity index (χ4v) is 1.98. The zero-order valence-corrected chi connectivity index (χ0v) is 11.0. The lowest BCUT2D eigenvalue weighted by Gasteiger charge is -2.16. The van der Waals surface area contributed by atoms with E-state index in [0.29, 0.717) is 12.2 Å². The van der Waals surface area contributed by atoms with Gasteiger partial charge in [-0.2, -0.15) is 0 Å². The molecular formula is C12H18N2O5. The molecular weight excluding hydrogens is 252 g/mol. The van der Waals surface area contributed by atoms with E-state index in [-0.39, 0.29) is 6.42 Å². The second-order valence-corrected chi connectivity index (χ2v) is 4.61. The van der Waals surface area contributed by atoms with Crippen LogP contribution in [0.2, 0.25) is 0 Å². The van der Waals surface area contributed by atoms with E-state index in [2.05, 4.69) is 4.98 Å². The van der Waals surface area contributed by atoms with Crippen LogP contribution in [0.1, 0.15) is 31.6 Å². The van der Waals surface area contributed by atoms with Crippen LogP contribution < -0.4 is 11.2 Å². The van der Waals surface area contributed by atoms with Crippen LogP contribution in [0.3, 0.4) is 0 Å². The predicted octanol–water partition coefficient (Wildman–Crippen LogP) is -0.122. The van der Waals surface area contributed by atoms with Crippen LogP contribution in [-0.2, 0) is 9.47 Å². The van der Waals surface area contributed by atoms with Crippen LogP contribution >= 0.6 is 0 Å². The average molecular weight is 270 g/mol. The van der Waals surface area contributed by atoms with Gasteiger partial charge >= 0.3 is 5.69 Å². The fourth-order valence-electron chi connectivity index (χ4n) is 1.98. The number of aromatic nitrogens is 2. The minimum Gasteiger partial charge on any atom is -0.388 e. The summed E-state index contributed by atoms with van der Waals surface area (Å²) in [5.74, 6) is 0. The Labute approximate surface area is 109 Å². The summed E-state index contributed by atoms with van der Waals surface area (Å²) in [5, 5.41) is 9.82. The molecule has 2 heterocycles. The van der Waals surface area contributed by atoms with E-state index in [9.17, 15) is 14.7 Å². The van der Waals surface area contributed by atoms with E-state index < -0.39 is 29.9 Å². The minimum atomic E-state index is -0.782. The van der Waals surface area contributed by atoms with Gasteiger partial charge in [-0.25, -0.2) is 4.79 Å². The third-order valence-electron chi connectivity index (χ3n) is 2.99. The number of aryl methyl sites for hydroxylation is 1. The normalized spacial score (nSPS) is 26.8. The van der Waals surface area contributed by atoms with Crippen LogP contribution in [0.4, 0.5) is 0 Å². The molecule has 1 aromatic rings. The zero-order chi connectivity index (χ0) is 14.0. The molecule has 0 spiro atoms. The number of H-pyrrole nitrogens is 1. The van der Waals surface area contributed by atoms with Crippen LogP contribution in [0.25, 0.3) is 0 Å². The van der Waals surface area contributed by atoms with Crippen molar-refractivity contribution in [2.45, 2.75) is 45.3 Å². The molecule has 1 aromatic heterocycles. The standard InChI is InChI=1S/C12H18N2O5/c1-3-4-18-11-8(15)5-9(19-11)14-6-7(2)10(16)13-12(14)17/h6,8-9,11,15H,3-5H2,1-2H3,(H,13,16,17)/t8-,9+,11-/m0/s1. The number of nitrogens with zero attached hydrogens (tertiary/aromatic N) is 1. The summed E-state index contributed by atoms with van der Waals surface area (Å²) in [5.41, 5.74) is -0.557. The maximum atomic E-state index is 11.7. The molecule has 3 atom stereocenters. The number of aliphatic hydroxyl groups excluding tert-OH is 1. The number of aliphatic hydroxyl groups is 1.